The van der Waals surface area contributed by atoms with E-state index in [-0.39, 0.29) is 0 Å². The molecule has 0 bridgehead atoms. The quantitative estimate of drug-likeness (QED) is 0.858. The summed E-state index contributed by atoms with van der Waals surface area (Å²) in [5.41, 5.74) is 0.986. The van der Waals surface area contributed by atoms with Crippen LogP contribution < -0.4 is 9.64 Å². The van der Waals surface area contributed by atoms with Crippen molar-refractivity contribution in [3.8, 4) is 5.75 Å². The van der Waals surface area contributed by atoms with Gasteiger partial charge < -0.3 is 9.84 Å². The Morgan fingerprint density at radius 3 is 2.35 bits per heavy atom. The van der Waals surface area contributed by atoms with E-state index in [9.17, 15) is 9.90 Å². The monoisotopic (exact) mass is 237 g/mol. The van der Waals surface area contributed by atoms with Gasteiger partial charge in [0.15, 0.2) is 0 Å². The van der Waals surface area contributed by atoms with Crippen molar-refractivity contribution in [3.05, 3.63) is 23.8 Å². The largest absolute Gasteiger partial charge is 0.496 e. The lowest BCUT2D eigenvalue weighted by Crippen LogP contribution is -2.45. The van der Waals surface area contributed by atoms with E-state index in [0.29, 0.717) is 11.4 Å². The third kappa shape index (κ3) is 2.70. The molecule has 1 aromatic rings. The van der Waals surface area contributed by atoms with E-state index in [2.05, 4.69) is 0 Å². The third-order valence-electron chi connectivity index (χ3n) is 2.58. The minimum atomic E-state index is -0.964. The Bertz CT molecular complexity index is 421. The van der Waals surface area contributed by atoms with Gasteiger partial charge in [-0.1, -0.05) is 6.07 Å². The molecule has 1 N–H and O–H groups in total. The first-order valence-corrected chi connectivity index (χ1v) is 5.45. The number of nitrogens with zero attached hydrogens (tertiary/aromatic N) is 1. The van der Waals surface area contributed by atoms with Crippen LogP contribution in [0.4, 0.5) is 10.5 Å². The van der Waals surface area contributed by atoms with E-state index < -0.39 is 11.6 Å². The molecule has 94 valence electrons. The van der Waals surface area contributed by atoms with E-state index in [0.717, 1.165) is 5.56 Å². The molecule has 0 unspecified atom stereocenters. The van der Waals surface area contributed by atoms with Gasteiger partial charge in [0, 0.05) is 11.1 Å². The molecule has 0 atom stereocenters. The number of anilines is 1. The molecule has 0 saturated carbocycles. The Labute approximate surface area is 102 Å². The van der Waals surface area contributed by atoms with Crippen LogP contribution in [0.1, 0.15) is 26.3 Å². The van der Waals surface area contributed by atoms with Gasteiger partial charge in [-0.2, -0.15) is 0 Å². The maximum atomic E-state index is 11.4. The van der Waals surface area contributed by atoms with Crippen molar-refractivity contribution in [2.75, 3.05) is 12.0 Å². The standard InChI is InChI=1S/C13H19NO3/c1-9-10(7-6-8-11(9)17-5)14(12(15)16)13(2,3)4/h6-8H,1-5H3,(H,15,16). The Morgan fingerprint density at radius 2 is 1.94 bits per heavy atom. The lowest BCUT2D eigenvalue weighted by atomic mass is 10.0. The van der Waals surface area contributed by atoms with Crippen LogP contribution in [0, 0.1) is 6.92 Å². The first-order valence-electron chi connectivity index (χ1n) is 5.45. The van der Waals surface area contributed by atoms with Crippen LogP contribution in [0.25, 0.3) is 0 Å². The summed E-state index contributed by atoms with van der Waals surface area (Å²) in [4.78, 5) is 12.7. The van der Waals surface area contributed by atoms with Crippen molar-refractivity contribution < 1.29 is 14.6 Å². The van der Waals surface area contributed by atoms with Gasteiger partial charge in [-0.3, -0.25) is 4.90 Å². The van der Waals surface area contributed by atoms with Gasteiger partial charge in [0.25, 0.3) is 0 Å². The summed E-state index contributed by atoms with van der Waals surface area (Å²) in [6.45, 7) is 7.44. The van der Waals surface area contributed by atoms with E-state index in [4.69, 9.17) is 4.74 Å². The highest BCUT2D eigenvalue weighted by molar-refractivity contribution is 5.89. The Hall–Kier alpha value is -1.71. The molecule has 0 radical (unpaired) electrons. The van der Waals surface area contributed by atoms with Crippen molar-refractivity contribution in [2.24, 2.45) is 0 Å². The number of hydrogen-bond donors (Lipinski definition) is 1. The van der Waals surface area contributed by atoms with Crippen molar-refractivity contribution in [1.29, 1.82) is 0 Å². The normalized spacial score (nSPS) is 11.1. The number of ether oxygens (including phenoxy) is 1. The van der Waals surface area contributed by atoms with Gasteiger partial charge in [0.1, 0.15) is 5.75 Å². The predicted octanol–water partition coefficient (Wildman–Crippen LogP) is 3.29. The van der Waals surface area contributed by atoms with Crippen molar-refractivity contribution in [2.45, 2.75) is 33.2 Å². The summed E-state index contributed by atoms with van der Waals surface area (Å²) in [6.07, 6.45) is -0.964. The minimum Gasteiger partial charge on any atom is -0.496 e. The SMILES string of the molecule is COc1cccc(N(C(=O)O)C(C)(C)C)c1C. The zero-order valence-corrected chi connectivity index (χ0v) is 10.9. The fraction of sp³-hybridized carbons (Fsp3) is 0.462. The second-order valence-electron chi connectivity index (χ2n) is 4.89. The first kappa shape index (κ1) is 13.4. The summed E-state index contributed by atoms with van der Waals surface area (Å²) in [6, 6.07) is 5.40. The molecule has 0 fully saturated rings. The van der Waals surface area contributed by atoms with Crippen LogP contribution in [0.3, 0.4) is 0 Å². The second-order valence-corrected chi connectivity index (χ2v) is 4.89. The summed E-state index contributed by atoms with van der Waals surface area (Å²) >= 11 is 0. The van der Waals surface area contributed by atoms with E-state index in [1.807, 2.05) is 33.8 Å². The summed E-state index contributed by atoms with van der Waals surface area (Å²) in [5.74, 6) is 0.693. The van der Waals surface area contributed by atoms with Crippen molar-refractivity contribution in [1.82, 2.24) is 0 Å². The molecule has 0 spiro atoms. The number of carboxylic acid groups (broad SMARTS) is 1. The van der Waals surface area contributed by atoms with Crippen LogP contribution in [0.15, 0.2) is 18.2 Å². The van der Waals surface area contributed by atoms with E-state index >= 15 is 0 Å². The number of methoxy groups -OCH3 is 1. The van der Waals surface area contributed by atoms with Crippen molar-refractivity contribution >= 4 is 11.8 Å². The molecule has 0 aliphatic carbocycles. The van der Waals surface area contributed by atoms with Crippen LogP contribution in [-0.4, -0.2) is 23.8 Å². The second kappa shape index (κ2) is 4.65. The van der Waals surface area contributed by atoms with Gasteiger partial charge in [-0.05, 0) is 39.8 Å². The highest BCUT2D eigenvalue weighted by Gasteiger charge is 2.29. The molecular formula is C13H19NO3. The van der Waals surface area contributed by atoms with Gasteiger partial charge >= 0.3 is 6.09 Å². The third-order valence-corrected chi connectivity index (χ3v) is 2.58. The zero-order chi connectivity index (χ0) is 13.2. The topological polar surface area (TPSA) is 49.8 Å². The maximum absolute atomic E-state index is 11.4. The number of amides is 1. The molecule has 0 aliphatic heterocycles. The molecule has 4 nitrogen and oxygen atoms in total. The number of rotatable bonds is 2. The zero-order valence-electron chi connectivity index (χ0n) is 10.9. The number of benzene rings is 1. The molecule has 0 aliphatic rings. The van der Waals surface area contributed by atoms with Gasteiger partial charge in [0.2, 0.25) is 0 Å². The fourth-order valence-corrected chi connectivity index (χ4v) is 1.82. The van der Waals surface area contributed by atoms with Gasteiger partial charge in [-0.15, -0.1) is 0 Å². The highest BCUT2D eigenvalue weighted by atomic mass is 16.5. The van der Waals surface area contributed by atoms with Crippen molar-refractivity contribution in [3.63, 3.8) is 0 Å². The fourth-order valence-electron chi connectivity index (χ4n) is 1.82. The summed E-state index contributed by atoms with van der Waals surface area (Å²) in [5, 5.41) is 9.34. The predicted molar refractivity (Wildman–Crippen MR) is 68.0 cm³/mol. The molecule has 1 aromatic carbocycles. The first-order chi connectivity index (χ1) is 7.79. The van der Waals surface area contributed by atoms with Crippen LogP contribution in [0.2, 0.25) is 0 Å². The average Bonchev–Trinajstić information content (AvgIpc) is 2.18. The number of carbonyl (C=O) groups is 1. The highest BCUT2D eigenvalue weighted by Crippen LogP contribution is 2.32. The maximum Gasteiger partial charge on any atom is 0.412 e. The smallest absolute Gasteiger partial charge is 0.412 e. The Balaban J connectivity index is 3.34. The summed E-state index contributed by atoms with van der Waals surface area (Å²) in [7, 11) is 1.58. The molecule has 1 rings (SSSR count). The molecule has 1 amide bonds. The average molecular weight is 237 g/mol. The van der Waals surface area contributed by atoms with E-state index in [1.165, 1.54) is 4.90 Å². The van der Waals surface area contributed by atoms with Crippen LogP contribution in [-0.2, 0) is 0 Å². The Kier molecular flexibility index (Phi) is 3.66. The minimum absolute atomic E-state index is 0.497. The molecule has 0 aromatic heterocycles. The lowest BCUT2D eigenvalue weighted by Gasteiger charge is -2.34. The molecular weight excluding hydrogens is 218 g/mol. The lowest BCUT2D eigenvalue weighted by molar-refractivity contribution is 0.195. The van der Waals surface area contributed by atoms with Gasteiger partial charge in [0.05, 0.1) is 12.8 Å². The van der Waals surface area contributed by atoms with E-state index in [1.54, 1.807) is 19.2 Å². The van der Waals surface area contributed by atoms with Crippen LogP contribution in [0.5, 0.6) is 5.75 Å². The molecule has 0 saturated heterocycles. The summed E-state index contributed by atoms with van der Waals surface area (Å²) < 4.78 is 5.21. The Morgan fingerprint density at radius 1 is 1.35 bits per heavy atom. The number of hydrogen-bond acceptors (Lipinski definition) is 2. The molecule has 0 heterocycles. The molecule has 4 heteroatoms. The molecule has 17 heavy (non-hydrogen) atoms. The van der Waals surface area contributed by atoms with Gasteiger partial charge in [-0.25, -0.2) is 4.79 Å². The van der Waals surface area contributed by atoms with Crippen LogP contribution >= 0.6 is 0 Å².